The highest BCUT2D eigenvalue weighted by Gasteiger charge is 2.12. The van der Waals surface area contributed by atoms with Gasteiger partial charge in [-0.3, -0.25) is 14.4 Å². The third-order valence-corrected chi connectivity index (χ3v) is 5.17. The zero-order valence-electron chi connectivity index (χ0n) is 13.7. The Bertz CT molecular complexity index is 791. The van der Waals surface area contributed by atoms with Crippen LogP contribution in [0.4, 0.5) is 5.13 Å². The average molecular weight is 369 g/mol. The van der Waals surface area contributed by atoms with E-state index >= 15 is 0 Å². The summed E-state index contributed by atoms with van der Waals surface area (Å²) in [5, 5.41) is 4.83. The summed E-state index contributed by atoms with van der Waals surface area (Å²) in [7, 11) is 0. The number of aromatic nitrogens is 2. The van der Waals surface area contributed by atoms with Crippen LogP contribution in [0.3, 0.4) is 0 Å². The lowest BCUT2D eigenvalue weighted by Crippen LogP contribution is -2.20. The summed E-state index contributed by atoms with van der Waals surface area (Å²) >= 11 is 2.44. The molecule has 24 heavy (non-hydrogen) atoms. The summed E-state index contributed by atoms with van der Waals surface area (Å²) in [5.41, 5.74) is 1.46. The zero-order chi connectivity index (χ0) is 17.7. The maximum absolute atomic E-state index is 12.0. The molecular formula is C15H19N3O4S2. The van der Waals surface area contributed by atoms with Crippen molar-refractivity contribution in [2.75, 3.05) is 11.9 Å². The molecule has 0 spiro atoms. The van der Waals surface area contributed by atoms with E-state index in [-0.39, 0.29) is 29.6 Å². The van der Waals surface area contributed by atoms with E-state index < -0.39 is 0 Å². The molecule has 0 aromatic carbocycles. The maximum atomic E-state index is 12.0. The Balaban J connectivity index is 1.87. The van der Waals surface area contributed by atoms with Crippen LogP contribution in [0.5, 0.6) is 0 Å². The van der Waals surface area contributed by atoms with E-state index in [9.17, 15) is 14.4 Å². The lowest BCUT2D eigenvalue weighted by Gasteiger charge is -2.05. The number of ether oxygens (including phenoxy) is 1. The number of nitrogens with one attached hydrogen (secondary N) is 1. The number of rotatable bonds is 7. The van der Waals surface area contributed by atoms with E-state index in [0.717, 1.165) is 10.6 Å². The molecule has 2 aromatic rings. The summed E-state index contributed by atoms with van der Waals surface area (Å²) in [6.45, 7) is 6.16. The Morgan fingerprint density at radius 2 is 2.12 bits per heavy atom. The molecule has 0 unspecified atom stereocenters. The van der Waals surface area contributed by atoms with E-state index in [1.54, 1.807) is 16.9 Å². The SMILES string of the molecule is CCOC(=O)Cc1csc(NC(=O)CCn2c(C)c(C)sc2=O)n1. The van der Waals surface area contributed by atoms with Gasteiger partial charge in [0.1, 0.15) is 0 Å². The normalized spacial score (nSPS) is 10.6. The lowest BCUT2D eigenvalue weighted by atomic mass is 10.3. The summed E-state index contributed by atoms with van der Waals surface area (Å²) in [6, 6.07) is 0. The van der Waals surface area contributed by atoms with Gasteiger partial charge in [-0.15, -0.1) is 11.3 Å². The summed E-state index contributed by atoms with van der Waals surface area (Å²) < 4.78 is 6.46. The summed E-state index contributed by atoms with van der Waals surface area (Å²) in [4.78, 5) is 40.3. The third kappa shape index (κ3) is 4.75. The second kappa shape index (κ2) is 8.20. The Labute approximate surface area is 147 Å². The number of anilines is 1. The summed E-state index contributed by atoms with van der Waals surface area (Å²) in [6.07, 6.45) is 0.271. The van der Waals surface area contributed by atoms with Gasteiger partial charge in [-0.25, -0.2) is 4.98 Å². The Hall–Kier alpha value is -2.00. The Morgan fingerprint density at radius 3 is 2.75 bits per heavy atom. The van der Waals surface area contributed by atoms with Crippen LogP contribution in [0.25, 0.3) is 0 Å². The molecule has 0 saturated carbocycles. The van der Waals surface area contributed by atoms with Crippen LogP contribution >= 0.6 is 22.7 Å². The van der Waals surface area contributed by atoms with Crippen molar-refractivity contribution in [3.05, 3.63) is 31.3 Å². The number of thiazole rings is 2. The predicted octanol–water partition coefficient (Wildman–Crippen LogP) is 2.12. The molecule has 0 aliphatic carbocycles. The number of carbonyl (C=O) groups is 2. The number of amides is 1. The monoisotopic (exact) mass is 369 g/mol. The van der Waals surface area contributed by atoms with E-state index in [0.29, 0.717) is 24.0 Å². The number of aryl methyl sites for hydroxylation is 1. The highest BCUT2D eigenvalue weighted by molar-refractivity contribution is 7.14. The summed E-state index contributed by atoms with van der Waals surface area (Å²) in [5.74, 6) is -0.564. The van der Waals surface area contributed by atoms with Gasteiger partial charge in [-0.05, 0) is 20.8 Å². The first-order chi connectivity index (χ1) is 11.4. The molecule has 0 aliphatic rings. The molecule has 9 heteroatoms. The van der Waals surface area contributed by atoms with Gasteiger partial charge in [-0.1, -0.05) is 11.3 Å². The molecule has 2 rings (SSSR count). The molecular weight excluding hydrogens is 350 g/mol. The predicted molar refractivity (Wildman–Crippen MR) is 93.8 cm³/mol. The number of hydrogen-bond donors (Lipinski definition) is 1. The highest BCUT2D eigenvalue weighted by Crippen LogP contribution is 2.16. The van der Waals surface area contributed by atoms with Gasteiger partial charge in [0, 0.05) is 28.9 Å². The molecule has 1 N–H and O–H groups in total. The van der Waals surface area contributed by atoms with Crippen molar-refractivity contribution in [2.45, 2.75) is 40.2 Å². The fourth-order valence-electron chi connectivity index (χ4n) is 2.05. The van der Waals surface area contributed by atoms with E-state index in [1.807, 2.05) is 13.8 Å². The van der Waals surface area contributed by atoms with Crippen molar-refractivity contribution < 1.29 is 14.3 Å². The van der Waals surface area contributed by atoms with Gasteiger partial charge in [0.2, 0.25) is 5.91 Å². The average Bonchev–Trinajstić information content (AvgIpc) is 3.03. The standard InChI is InChI=1S/C15H19N3O4S2/c1-4-22-13(20)7-11-8-23-14(16-11)17-12(19)5-6-18-9(2)10(3)24-15(18)21/h8H,4-7H2,1-3H3,(H,16,17,19). The van der Waals surface area contributed by atoms with Gasteiger partial charge in [0.15, 0.2) is 5.13 Å². The highest BCUT2D eigenvalue weighted by atomic mass is 32.1. The minimum atomic E-state index is -0.344. The van der Waals surface area contributed by atoms with Crippen LogP contribution in [0.15, 0.2) is 10.2 Å². The molecule has 0 atom stereocenters. The van der Waals surface area contributed by atoms with Gasteiger partial charge in [0.05, 0.1) is 18.7 Å². The Morgan fingerprint density at radius 1 is 1.38 bits per heavy atom. The van der Waals surface area contributed by atoms with Crippen LogP contribution in [-0.4, -0.2) is 28.0 Å². The fraction of sp³-hybridized carbons (Fsp3) is 0.467. The first-order valence-corrected chi connectivity index (χ1v) is 9.17. The second-order valence-corrected chi connectivity index (χ2v) is 7.11. The molecule has 0 aliphatic heterocycles. The minimum Gasteiger partial charge on any atom is -0.466 e. The first-order valence-electron chi connectivity index (χ1n) is 7.47. The number of hydrogen-bond acceptors (Lipinski definition) is 7. The van der Waals surface area contributed by atoms with Gasteiger partial charge in [0.25, 0.3) is 0 Å². The molecule has 0 radical (unpaired) electrons. The van der Waals surface area contributed by atoms with Crippen LogP contribution in [-0.2, 0) is 27.3 Å². The molecule has 0 bridgehead atoms. The topological polar surface area (TPSA) is 90.3 Å². The molecule has 7 nitrogen and oxygen atoms in total. The van der Waals surface area contributed by atoms with Gasteiger partial charge in [-0.2, -0.15) is 0 Å². The minimum absolute atomic E-state index is 0.0521. The van der Waals surface area contributed by atoms with Crippen LogP contribution < -0.4 is 10.2 Å². The number of esters is 1. The van der Waals surface area contributed by atoms with Crippen molar-refractivity contribution in [2.24, 2.45) is 0 Å². The van der Waals surface area contributed by atoms with Crippen molar-refractivity contribution in [3.8, 4) is 0 Å². The van der Waals surface area contributed by atoms with Crippen molar-refractivity contribution in [3.63, 3.8) is 0 Å². The van der Waals surface area contributed by atoms with Crippen molar-refractivity contribution in [1.29, 1.82) is 0 Å². The van der Waals surface area contributed by atoms with Gasteiger partial charge >= 0.3 is 10.8 Å². The van der Waals surface area contributed by atoms with E-state index in [4.69, 9.17) is 4.74 Å². The molecule has 0 fully saturated rings. The smallest absolute Gasteiger partial charge is 0.311 e. The lowest BCUT2D eigenvalue weighted by molar-refractivity contribution is -0.142. The maximum Gasteiger partial charge on any atom is 0.311 e. The number of nitrogens with zero attached hydrogens (tertiary/aromatic N) is 2. The molecule has 0 saturated heterocycles. The van der Waals surface area contributed by atoms with Crippen molar-refractivity contribution in [1.82, 2.24) is 9.55 Å². The third-order valence-electron chi connectivity index (χ3n) is 3.37. The largest absolute Gasteiger partial charge is 0.466 e. The van der Waals surface area contributed by atoms with Crippen LogP contribution in [0.1, 0.15) is 29.6 Å². The quantitative estimate of drug-likeness (QED) is 0.755. The second-order valence-electron chi connectivity index (χ2n) is 5.09. The van der Waals surface area contributed by atoms with Crippen molar-refractivity contribution >= 4 is 39.7 Å². The molecule has 130 valence electrons. The van der Waals surface area contributed by atoms with Crippen LogP contribution in [0, 0.1) is 13.8 Å². The molecule has 2 heterocycles. The van der Waals surface area contributed by atoms with E-state index in [1.165, 1.54) is 22.7 Å². The number of carbonyl (C=O) groups excluding carboxylic acids is 2. The first kappa shape index (κ1) is 18.3. The zero-order valence-corrected chi connectivity index (χ0v) is 15.4. The van der Waals surface area contributed by atoms with Crippen LogP contribution in [0.2, 0.25) is 0 Å². The Kier molecular flexibility index (Phi) is 6.27. The van der Waals surface area contributed by atoms with Gasteiger partial charge < -0.3 is 14.6 Å². The molecule has 1 amide bonds. The van der Waals surface area contributed by atoms with E-state index in [2.05, 4.69) is 10.3 Å². The fourth-order valence-corrected chi connectivity index (χ4v) is 3.63. The molecule has 2 aromatic heterocycles.